The summed E-state index contributed by atoms with van der Waals surface area (Å²) >= 11 is 6.06. The molecule has 1 atom stereocenters. The third kappa shape index (κ3) is 1.43. The van der Waals surface area contributed by atoms with Crippen LogP contribution in [0.4, 0.5) is 0 Å². The first-order chi connectivity index (χ1) is 6.33. The van der Waals surface area contributed by atoms with Crippen molar-refractivity contribution < 1.29 is 0 Å². The van der Waals surface area contributed by atoms with Crippen molar-refractivity contribution >= 4 is 11.6 Å². The van der Waals surface area contributed by atoms with Crippen LogP contribution < -0.4 is 0 Å². The highest BCUT2D eigenvalue weighted by Crippen LogP contribution is 2.35. The molecule has 0 amide bonds. The third-order valence-electron chi connectivity index (χ3n) is 2.59. The molecule has 0 fully saturated rings. The van der Waals surface area contributed by atoms with Gasteiger partial charge in [-0.05, 0) is 36.5 Å². The highest BCUT2D eigenvalue weighted by Gasteiger charge is 2.21. The summed E-state index contributed by atoms with van der Waals surface area (Å²) in [5.74, 6) is 0.0115. The van der Waals surface area contributed by atoms with Crippen molar-refractivity contribution in [3.8, 4) is 6.07 Å². The Bertz CT molecular complexity index is 365. The van der Waals surface area contributed by atoms with Gasteiger partial charge in [-0.2, -0.15) is 5.26 Å². The van der Waals surface area contributed by atoms with Crippen LogP contribution in [0.5, 0.6) is 0 Å². The smallest absolute Gasteiger partial charge is 0.0730 e. The molecule has 1 nitrogen and oxygen atoms in total. The minimum Gasteiger partial charge on any atom is -0.198 e. The van der Waals surface area contributed by atoms with Gasteiger partial charge in [-0.1, -0.05) is 23.7 Å². The molecule has 0 radical (unpaired) electrons. The average Bonchev–Trinajstić information content (AvgIpc) is 2.17. The standard InChI is InChI=1S/C11H10ClN/c12-10-6-2-4-8-3-1-5-9(7-13)11(8)10/h2,4,6,9H,1,3,5H2. The van der Waals surface area contributed by atoms with E-state index < -0.39 is 0 Å². The van der Waals surface area contributed by atoms with Crippen LogP contribution in [0, 0.1) is 11.3 Å². The van der Waals surface area contributed by atoms with Crippen LogP contribution in [-0.4, -0.2) is 0 Å². The highest BCUT2D eigenvalue weighted by atomic mass is 35.5. The van der Waals surface area contributed by atoms with Crippen molar-refractivity contribution in [3.05, 3.63) is 34.3 Å². The first-order valence-electron chi connectivity index (χ1n) is 4.50. The largest absolute Gasteiger partial charge is 0.198 e. The molecule has 2 rings (SSSR count). The Hall–Kier alpha value is -1.00. The minimum atomic E-state index is 0.0115. The third-order valence-corrected chi connectivity index (χ3v) is 2.92. The Labute approximate surface area is 82.9 Å². The summed E-state index contributed by atoms with van der Waals surface area (Å²) in [6.45, 7) is 0. The molecule has 1 aromatic rings. The van der Waals surface area contributed by atoms with Gasteiger partial charge in [-0.25, -0.2) is 0 Å². The number of benzene rings is 1. The molecule has 0 aromatic heterocycles. The molecule has 0 heterocycles. The van der Waals surface area contributed by atoms with E-state index in [2.05, 4.69) is 12.1 Å². The highest BCUT2D eigenvalue weighted by molar-refractivity contribution is 6.31. The Kier molecular flexibility index (Phi) is 2.24. The molecule has 0 aliphatic heterocycles. The van der Waals surface area contributed by atoms with Crippen LogP contribution in [-0.2, 0) is 6.42 Å². The zero-order valence-corrected chi connectivity index (χ0v) is 8.01. The molecule has 0 saturated carbocycles. The lowest BCUT2D eigenvalue weighted by molar-refractivity contribution is 0.637. The molecule has 1 aromatic carbocycles. The van der Waals surface area contributed by atoms with Gasteiger partial charge in [0.25, 0.3) is 0 Å². The van der Waals surface area contributed by atoms with Crippen molar-refractivity contribution in [1.82, 2.24) is 0 Å². The van der Waals surface area contributed by atoms with Gasteiger partial charge in [0, 0.05) is 5.02 Å². The Balaban J connectivity index is 2.55. The molecule has 66 valence electrons. The fourth-order valence-electron chi connectivity index (χ4n) is 1.96. The zero-order valence-electron chi connectivity index (χ0n) is 7.26. The van der Waals surface area contributed by atoms with E-state index in [1.165, 1.54) is 5.56 Å². The number of nitrogens with zero attached hydrogens (tertiary/aromatic N) is 1. The monoisotopic (exact) mass is 191 g/mol. The van der Waals surface area contributed by atoms with E-state index in [-0.39, 0.29) is 5.92 Å². The number of hydrogen-bond donors (Lipinski definition) is 0. The van der Waals surface area contributed by atoms with Crippen molar-refractivity contribution in [1.29, 1.82) is 5.26 Å². The van der Waals surface area contributed by atoms with E-state index in [4.69, 9.17) is 16.9 Å². The first kappa shape index (κ1) is 8.59. The maximum Gasteiger partial charge on any atom is 0.0730 e. The van der Waals surface area contributed by atoms with Gasteiger partial charge >= 0.3 is 0 Å². The molecule has 0 saturated heterocycles. The lowest BCUT2D eigenvalue weighted by Gasteiger charge is -2.21. The Morgan fingerprint density at radius 1 is 1.46 bits per heavy atom. The van der Waals surface area contributed by atoms with E-state index in [1.54, 1.807) is 0 Å². The van der Waals surface area contributed by atoms with Gasteiger partial charge in [-0.15, -0.1) is 0 Å². The maximum absolute atomic E-state index is 8.95. The molecule has 2 heteroatoms. The molecular weight excluding hydrogens is 182 g/mol. The second kappa shape index (κ2) is 3.40. The SMILES string of the molecule is N#CC1CCCc2cccc(Cl)c21. The Morgan fingerprint density at radius 2 is 2.31 bits per heavy atom. The van der Waals surface area contributed by atoms with Gasteiger partial charge in [0.15, 0.2) is 0 Å². The van der Waals surface area contributed by atoms with E-state index in [0.717, 1.165) is 29.8 Å². The molecule has 13 heavy (non-hydrogen) atoms. The summed E-state index contributed by atoms with van der Waals surface area (Å²) in [7, 11) is 0. The number of hydrogen-bond acceptors (Lipinski definition) is 1. The molecule has 0 N–H and O–H groups in total. The minimum absolute atomic E-state index is 0.0115. The number of rotatable bonds is 0. The summed E-state index contributed by atoms with van der Waals surface area (Å²) in [4.78, 5) is 0. The van der Waals surface area contributed by atoms with Crippen molar-refractivity contribution in [2.45, 2.75) is 25.2 Å². The number of halogens is 1. The van der Waals surface area contributed by atoms with E-state index >= 15 is 0 Å². The van der Waals surface area contributed by atoms with Crippen LogP contribution in [0.3, 0.4) is 0 Å². The second-order valence-corrected chi connectivity index (χ2v) is 3.79. The molecule has 0 spiro atoms. The predicted octanol–water partition coefficient (Wildman–Crippen LogP) is 3.28. The van der Waals surface area contributed by atoms with E-state index in [1.807, 2.05) is 12.1 Å². The van der Waals surface area contributed by atoms with Gasteiger partial charge < -0.3 is 0 Å². The fourth-order valence-corrected chi connectivity index (χ4v) is 2.29. The van der Waals surface area contributed by atoms with Gasteiger partial charge in [0.05, 0.1) is 12.0 Å². The molecule has 0 bridgehead atoms. The van der Waals surface area contributed by atoms with Crippen LogP contribution in [0.25, 0.3) is 0 Å². The maximum atomic E-state index is 8.95. The normalized spacial score (nSPS) is 20.5. The zero-order chi connectivity index (χ0) is 9.26. The van der Waals surface area contributed by atoms with E-state index in [0.29, 0.717) is 0 Å². The molecule has 1 unspecified atom stereocenters. The van der Waals surface area contributed by atoms with E-state index in [9.17, 15) is 0 Å². The van der Waals surface area contributed by atoms with Crippen LogP contribution in [0.2, 0.25) is 5.02 Å². The number of fused-ring (bicyclic) bond motifs is 1. The topological polar surface area (TPSA) is 23.8 Å². The quantitative estimate of drug-likeness (QED) is 0.618. The van der Waals surface area contributed by atoms with Crippen molar-refractivity contribution in [2.24, 2.45) is 0 Å². The first-order valence-corrected chi connectivity index (χ1v) is 4.87. The van der Waals surface area contributed by atoms with Crippen molar-refractivity contribution in [2.75, 3.05) is 0 Å². The summed E-state index contributed by atoms with van der Waals surface area (Å²) < 4.78 is 0. The van der Waals surface area contributed by atoms with Crippen LogP contribution in [0.15, 0.2) is 18.2 Å². The Morgan fingerprint density at radius 3 is 3.08 bits per heavy atom. The number of nitriles is 1. The summed E-state index contributed by atoms with van der Waals surface area (Å²) in [6, 6.07) is 8.22. The molecule has 1 aliphatic rings. The lowest BCUT2D eigenvalue weighted by Crippen LogP contribution is -2.08. The van der Waals surface area contributed by atoms with Crippen LogP contribution in [0.1, 0.15) is 29.9 Å². The lowest BCUT2D eigenvalue weighted by atomic mass is 9.84. The average molecular weight is 192 g/mol. The number of aryl methyl sites for hydroxylation is 1. The summed E-state index contributed by atoms with van der Waals surface area (Å²) in [5.41, 5.74) is 2.32. The summed E-state index contributed by atoms with van der Waals surface area (Å²) in [5, 5.41) is 9.71. The molecular formula is C11H10ClN. The molecule has 1 aliphatic carbocycles. The van der Waals surface area contributed by atoms with Crippen LogP contribution >= 0.6 is 11.6 Å². The predicted molar refractivity (Wildman–Crippen MR) is 52.7 cm³/mol. The van der Waals surface area contributed by atoms with Gasteiger partial charge in [0.2, 0.25) is 0 Å². The van der Waals surface area contributed by atoms with Gasteiger partial charge in [-0.3, -0.25) is 0 Å². The second-order valence-electron chi connectivity index (χ2n) is 3.39. The fraction of sp³-hybridized carbons (Fsp3) is 0.364. The summed E-state index contributed by atoms with van der Waals surface area (Å²) in [6.07, 6.45) is 3.12. The van der Waals surface area contributed by atoms with Gasteiger partial charge in [0.1, 0.15) is 0 Å². The van der Waals surface area contributed by atoms with Crippen molar-refractivity contribution in [3.63, 3.8) is 0 Å².